The number of rotatable bonds is 5. The van der Waals surface area contributed by atoms with Crippen molar-refractivity contribution in [3.05, 3.63) is 18.2 Å². The second kappa shape index (κ2) is 7.57. The monoisotopic (exact) mass is 306 g/mol. The molecule has 1 aromatic heterocycles. The molecule has 124 valence electrons. The zero-order valence-corrected chi connectivity index (χ0v) is 14.1. The highest BCUT2D eigenvalue weighted by Gasteiger charge is 2.23. The number of ether oxygens (including phenoxy) is 1. The van der Waals surface area contributed by atoms with Crippen molar-refractivity contribution in [3.8, 4) is 0 Å². The van der Waals surface area contributed by atoms with Gasteiger partial charge < -0.3 is 14.2 Å². The fourth-order valence-electron chi connectivity index (χ4n) is 3.79. The van der Waals surface area contributed by atoms with E-state index < -0.39 is 0 Å². The Morgan fingerprint density at radius 1 is 1.23 bits per heavy atom. The van der Waals surface area contributed by atoms with Gasteiger partial charge in [-0.05, 0) is 26.3 Å². The van der Waals surface area contributed by atoms with Crippen LogP contribution in [0, 0.1) is 0 Å². The zero-order valence-electron chi connectivity index (χ0n) is 14.1. The van der Waals surface area contributed by atoms with Crippen molar-refractivity contribution in [2.24, 2.45) is 0 Å². The number of morpholine rings is 1. The van der Waals surface area contributed by atoms with Gasteiger partial charge in [0.05, 0.1) is 12.7 Å². The van der Waals surface area contributed by atoms with Crippen molar-refractivity contribution in [3.63, 3.8) is 0 Å². The van der Waals surface area contributed by atoms with Crippen LogP contribution in [0.5, 0.6) is 0 Å². The number of imidazole rings is 1. The third-order valence-corrected chi connectivity index (χ3v) is 5.00. The van der Waals surface area contributed by atoms with Gasteiger partial charge in [0.1, 0.15) is 5.82 Å². The van der Waals surface area contributed by atoms with Gasteiger partial charge in [-0.2, -0.15) is 0 Å². The molecule has 0 spiro atoms. The SMILES string of the molecule is CCc1nccn1[C@H]1CCCN(CCN2CCO[C@H](C)C2)C1. The maximum absolute atomic E-state index is 5.63. The predicted octanol–water partition coefficient (Wildman–Crippen LogP) is 1.80. The molecule has 2 atom stereocenters. The fraction of sp³-hybridized carbons (Fsp3) is 0.824. The van der Waals surface area contributed by atoms with Gasteiger partial charge in [0.2, 0.25) is 0 Å². The number of likely N-dealkylation sites (tertiary alicyclic amines) is 1. The number of aromatic nitrogens is 2. The van der Waals surface area contributed by atoms with Crippen molar-refractivity contribution in [2.75, 3.05) is 45.9 Å². The van der Waals surface area contributed by atoms with Gasteiger partial charge in [-0.3, -0.25) is 4.90 Å². The Morgan fingerprint density at radius 3 is 2.82 bits per heavy atom. The molecule has 2 fully saturated rings. The molecule has 0 radical (unpaired) electrons. The molecule has 2 aliphatic rings. The van der Waals surface area contributed by atoms with Crippen LogP contribution >= 0.6 is 0 Å². The molecule has 22 heavy (non-hydrogen) atoms. The molecular formula is C17H30N4O. The number of nitrogens with zero attached hydrogens (tertiary/aromatic N) is 4. The molecule has 2 saturated heterocycles. The summed E-state index contributed by atoms with van der Waals surface area (Å²) in [6.07, 6.45) is 8.11. The van der Waals surface area contributed by atoms with Crippen LogP contribution in [0.3, 0.4) is 0 Å². The van der Waals surface area contributed by atoms with Crippen LogP contribution in [0.4, 0.5) is 0 Å². The van der Waals surface area contributed by atoms with Crippen LogP contribution in [0.25, 0.3) is 0 Å². The number of piperidine rings is 1. The molecule has 1 aromatic rings. The van der Waals surface area contributed by atoms with Crippen molar-refractivity contribution in [1.82, 2.24) is 19.4 Å². The van der Waals surface area contributed by atoms with E-state index in [1.807, 2.05) is 6.20 Å². The van der Waals surface area contributed by atoms with Crippen LogP contribution in [0.15, 0.2) is 12.4 Å². The average molecular weight is 306 g/mol. The Morgan fingerprint density at radius 2 is 2.05 bits per heavy atom. The minimum Gasteiger partial charge on any atom is -0.376 e. The van der Waals surface area contributed by atoms with Gasteiger partial charge in [0.25, 0.3) is 0 Å². The summed E-state index contributed by atoms with van der Waals surface area (Å²) >= 11 is 0. The molecule has 2 aliphatic heterocycles. The van der Waals surface area contributed by atoms with Gasteiger partial charge in [0.15, 0.2) is 0 Å². The summed E-state index contributed by atoms with van der Waals surface area (Å²) in [4.78, 5) is 9.67. The summed E-state index contributed by atoms with van der Waals surface area (Å²) in [5.41, 5.74) is 0. The largest absolute Gasteiger partial charge is 0.376 e. The van der Waals surface area contributed by atoms with E-state index in [-0.39, 0.29) is 0 Å². The van der Waals surface area contributed by atoms with Crippen LogP contribution in [0.1, 0.15) is 38.6 Å². The molecule has 5 nitrogen and oxygen atoms in total. The Labute approximate surface area is 134 Å². The summed E-state index contributed by atoms with van der Waals surface area (Å²) in [7, 11) is 0. The van der Waals surface area contributed by atoms with Crippen molar-refractivity contribution in [2.45, 2.75) is 45.3 Å². The first-order valence-electron chi connectivity index (χ1n) is 8.84. The van der Waals surface area contributed by atoms with Crippen molar-refractivity contribution < 1.29 is 4.74 Å². The third kappa shape index (κ3) is 3.89. The highest BCUT2D eigenvalue weighted by Crippen LogP contribution is 2.23. The predicted molar refractivity (Wildman–Crippen MR) is 88.2 cm³/mol. The lowest BCUT2D eigenvalue weighted by Gasteiger charge is -2.37. The first kappa shape index (κ1) is 16.0. The molecule has 0 aromatic carbocycles. The number of hydrogen-bond donors (Lipinski definition) is 0. The number of aryl methyl sites for hydroxylation is 1. The maximum atomic E-state index is 5.63. The summed E-state index contributed by atoms with van der Waals surface area (Å²) in [5, 5.41) is 0. The highest BCUT2D eigenvalue weighted by molar-refractivity contribution is 4.96. The second-order valence-corrected chi connectivity index (χ2v) is 6.68. The van der Waals surface area contributed by atoms with E-state index in [4.69, 9.17) is 4.74 Å². The van der Waals surface area contributed by atoms with Gasteiger partial charge in [0, 0.05) is 57.6 Å². The summed E-state index contributed by atoms with van der Waals surface area (Å²) in [5.74, 6) is 1.23. The highest BCUT2D eigenvalue weighted by atomic mass is 16.5. The van der Waals surface area contributed by atoms with E-state index in [0.29, 0.717) is 12.1 Å². The molecule has 0 saturated carbocycles. The van der Waals surface area contributed by atoms with Crippen LogP contribution < -0.4 is 0 Å². The Hall–Kier alpha value is -0.910. The topological polar surface area (TPSA) is 33.5 Å². The van der Waals surface area contributed by atoms with Gasteiger partial charge in [-0.15, -0.1) is 0 Å². The van der Waals surface area contributed by atoms with Crippen molar-refractivity contribution >= 4 is 0 Å². The summed E-state index contributed by atoms with van der Waals surface area (Å²) in [6, 6.07) is 0.606. The molecule has 0 unspecified atom stereocenters. The minimum absolute atomic E-state index is 0.390. The lowest BCUT2D eigenvalue weighted by atomic mass is 10.1. The van der Waals surface area contributed by atoms with E-state index in [1.165, 1.54) is 44.8 Å². The zero-order chi connectivity index (χ0) is 15.4. The molecule has 3 rings (SSSR count). The van der Waals surface area contributed by atoms with Crippen LogP contribution in [-0.2, 0) is 11.2 Å². The standard InChI is InChI=1S/C17H30N4O/c1-3-17-18-6-8-21(17)16-5-4-7-19(14-16)9-10-20-11-12-22-15(2)13-20/h6,8,15-16H,3-5,7,9-14H2,1-2H3/t15-,16+/m1/s1. The maximum Gasteiger partial charge on any atom is 0.108 e. The molecule has 0 N–H and O–H groups in total. The Bertz CT molecular complexity index is 461. The quantitative estimate of drug-likeness (QED) is 0.831. The lowest BCUT2D eigenvalue weighted by molar-refractivity contribution is -0.0215. The average Bonchev–Trinajstić information content (AvgIpc) is 3.02. The Balaban J connectivity index is 1.50. The summed E-state index contributed by atoms with van der Waals surface area (Å²) in [6.45, 7) is 12.2. The van der Waals surface area contributed by atoms with E-state index in [1.54, 1.807) is 0 Å². The van der Waals surface area contributed by atoms with Gasteiger partial charge in [-0.1, -0.05) is 6.92 Å². The fourth-order valence-corrected chi connectivity index (χ4v) is 3.79. The number of hydrogen-bond acceptors (Lipinski definition) is 4. The molecule has 0 bridgehead atoms. The first-order chi connectivity index (χ1) is 10.8. The normalized spacial score (nSPS) is 28.1. The van der Waals surface area contributed by atoms with E-state index in [0.717, 1.165) is 26.1 Å². The van der Waals surface area contributed by atoms with E-state index in [2.05, 4.69) is 39.4 Å². The second-order valence-electron chi connectivity index (χ2n) is 6.68. The van der Waals surface area contributed by atoms with E-state index >= 15 is 0 Å². The minimum atomic E-state index is 0.390. The van der Waals surface area contributed by atoms with Gasteiger partial charge >= 0.3 is 0 Å². The summed E-state index contributed by atoms with van der Waals surface area (Å²) < 4.78 is 8.03. The smallest absolute Gasteiger partial charge is 0.108 e. The van der Waals surface area contributed by atoms with Gasteiger partial charge in [-0.25, -0.2) is 4.98 Å². The van der Waals surface area contributed by atoms with Crippen molar-refractivity contribution in [1.29, 1.82) is 0 Å². The molecule has 3 heterocycles. The molecule has 0 amide bonds. The first-order valence-corrected chi connectivity index (χ1v) is 8.84. The molecular weight excluding hydrogens is 276 g/mol. The van der Waals surface area contributed by atoms with Crippen LogP contribution in [0.2, 0.25) is 0 Å². The molecule has 0 aliphatic carbocycles. The molecule has 5 heteroatoms. The lowest BCUT2D eigenvalue weighted by Crippen LogP contribution is -2.46. The third-order valence-electron chi connectivity index (χ3n) is 5.00. The van der Waals surface area contributed by atoms with Crippen LogP contribution in [-0.4, -0.2) is 71.3 Å². The Kier molecular flexibility index (Phi) is 5.50. The van der Waals surface area contributed by atoms with E-state index in [9.17, 15) is 0 Å².